The van der Waals surface area contributed by atoms with Crippen molar-refractivity contribution in [2.45, 2.75) is 84.6 Å². The molecule has 2 aliphatic rings. The van der Waals surface area contributed by atoms with Crippen molar-refractivity contribution in [1.29, 1.82) is 0 Å². The normalized spacial score (nSPS) is 32.9. The molecule has 0 aromatic rings. The predicted octanol–water partition coefficient (Wildman–Crippen LogP) is 4.53. The van der Waals surface area contributed by atoms with E-state index in [0.717, 1.165) is 12.3 Å². The molecule has 2 nitrogen and oxygen atoms in total. The first kappa shape index (κ1) is 15.9. The van der Waals surface area contributed by atoms with Crippen LogP contribution < -0.4 is 5.32 Å². The third-order valence-corrected chi connectivity index (χ3v) is 5.56. The van der Waals surface area contributed by atoms with Gasteiger partial charge in [-0.25, -0.2) is 0 Å². The third-order valence-electron chi connectivity index (χ3n) is 5.56. The highest BCUT2D eigenvalue weighted by Crippen LogP contribution is 2.38. The van der Waals surface area contributed by atoms with Gasteiger partial charge in [0.25, 0.3) is 0 Å². The molecule has 2 aliphatic carbocycles. The van der Waals surface area contributed by atoms with Crippen LogP contribution in [0.2, 0.25) is 0 Å². The zero-order chi connectivity index (χ0) is 14.5. The van der Waals surface area contributed by atoms with Crippen molar-refractivity contribution in [3.63, 3.8) is 0 Å². The first-order valence-electron chi connectivity index (χ1n) is 8.88. The van der Waals surface area contributed by atoms with Crippen LogP contribution in [0.3, 0.4) is 0 Å². The van der Waals surface area contributed by atoms with Gasteiger partial charge in [0.15, 0.2) is 0 Å². The third kappa shape index (κ3) is 4.23. The van der Waals surface area contributed by atoms with E-state index in [-0.39, 0.29) is 5.92 Å². The number of carbonyl (C=O) groups is 1. The molecular formula is C18H33NO. The minimum atomic E-state index is 0.266. The van der Waals surface area contributed by atoms with Gasteiger partial charge in [-0.3, -0.25) is 4.79 Å². The Morgan fingerprint density at radius 3 is 2.25 bits per heavy atom. The molecular weight excluding hydrogens is 246 g/mol. The highest BCUT2D eigenvalue weighted by molar-refractivity contribution is 5.79. The van der Waals surface area contributed by atoms with Crippen LogP contribution >= 0.6 is 0 Å². The predicted molar refractivity (Wildman–Crippen MR) is 84.5 cm³/mol. The van der Waals surface area contributed by atoms with E-state index in [9.17, 15) is 4.79 Å². The maximum Gasteiger partial charge on any atom is 0.223 e. The smallest absolute Gasteiger partial charge is 0.223 e. The molecule has 0 bridgehead atoms. The van der Waals surface area contributed by atoms with E-state index < -0.39 is 0 Å². The Morgan fingerprint density at radius 1 is 1.00 bits per heavy atom. The van der Waals surface area contributed by atoms with Crippen LogP contribution in [0.15, 0.2) is 0 Å². The monoisotopic (exact) mass is 279 g/mol. The standard InChI is InChI=1S/C18H33NO/c1-13(2)16-11-10-14(3)12-17(16)18(20)19-15-8-6-4-5-7-9-15/h13-17H,4-12H2,1-3H3,(H,19,20). The summed E-state index contributed by atoms with van der Waals surface area (Å²) in [7, 11) is 0. The summed E-state index contributed by atoms with van der Waals surface area (Å²) in [6.45, 7) is 6.88. The minimum absolute atomic E-state index is 0.266. The molecule has 2 heteroatoms. The fraction of sp³-hybridized carbons (Fsp3) is 0.944. The Hall–Kier alpha value is -0.530. The van der Waals surface area contributed by atoms with E-state index in [1.807, 2.05) is 0 Å². The Bertz CT molecular complexity index is 305. The van der Waals surface area contributed by atoms with Gasteiger partial charge < -0.3 is 5.32 Å². The van der Waals surface area contributed by atoms with E-state index in [0.29, 0.717) is 23.8 Å². The van der Waals surface area contributed by atoms with Crippen molar-refractivity contribution < 1.29 is 4.79 Å². The lowest BCUT2D eigenvalue weighted by Crippen LogP contribution is -2.44. The SMILES string of the molecule is CC1CCC(C(C)C)C(C(=O)NC2CCCCCC2)C1. The Kier molecular flexibility index (Phi) is 5.92. The summed E-state index contributed by atoms with van der Waals surface area (Å²) in [4.78, 5) is 12.7. The van der Waals surface area contributed by atoms with Gasteiger partial charge >= 0.3 is 0 Å². The Morgan fingerprint density at radius 2 is 1.65 bits per heavy atom. The van der Waals surface area contributed by atoms with Crippen LogP contribution in [0, 0.1) is 23.7 Å². The zero-order valence-electron chi connectivity index (χ0n) is 13.7. The highest BCUT2D eigenvalue weighted by atomic mass is 16.2. The molecule has 3 unspecified atom stereocenters. The van der Waals surface area contributed by atoms with Crippen molar-refractivity contribution in [2.24, 2.45) is 23.7 Å². The lowest BCUT2D eigenvalue weighted by atomic mass is 9.69. The zero-order valence-corrected chi connectivity index (χ0v) is 13.7. The maximum atomic E-state index is 12.7. The first-order chi connectivity index (χ1) is 9.58. The van der Waals surface area contributed by atoms with Crippen molar-refractivity contribution in [1.82, 2.24) is 5.32 Å². The van der Waals surface area contributed by atoms with Crippen molar-refractivity contribution >= 4 is 5.91 Å². The van der Waals surface area contributed by atoms with Crippen LogP contribution in [0.25, 0.3) is 0 Å². The largest absolute Gasteiger partial charge is 0.353 e. The number of hydrogen-bond donors (Lipinski definition) is 1. The number of rotatable bonds is 3. The molecule has 20 heavy (non-hydrogen) atoms. The molecule has 0 saturated heterocycles. The highest BCUT2D eigenvalue weighted by Gasteiger charge is 2.35. The fourth-order valence-electron chi connectivity index (χ4n) is 4.24. The lowest BCUT2D eigenvalue weighted by molar-refractivity contribution is -0.130. The van der Waals surface area contributed by atoms with E-state index in [2.05, 4.69) is 26.1 Å². The molecule has 0 heterocycles. The van der Waals surface area contributed by atoms with Crippen molar-refractivity contribution in [2.75, 3.05) is 0 Å². The van der Waals surface area contributed by atoms with Gasteiger partial charge in [-0.2, -0.15) is 0 Å². The van der Waals surface area contributed by atoms with E-state index in [1.165, 1.54) is 51.4 Å². The minimum Gasteiger partial charge on any atom is -0.353 e. The summed E-state index contributed by atoms with van der Waals surface area (Å²) < 4.78 is 0. The molecule has 116 valence electrons. The molecule has 2 rings (SSSR count). The van der Waals surface area contributed by atoms with Crippen LogP contribution in [0.4, 0.5) is 0 Å². The molecule has 1 amide bonds. The molecule has 0 aromatic heterocycles. The van der Waals surface area contributed by atoms with Gasteiger partial charge in [-0.05, 0) is 43.4 Å². The molecule has 0 spiro atoms. The van der Waals surface area contributed by atoms with Crippen LogP contribution in [0.5, 0.6) is 0 Å². The first-order valence-corrected chi connectivity index (χ1v) is 8.88. The van der Waals surface area contributed by atoms with Gasteiger partial charge in [-0.15, -0.1) is 0 Å². The quantitative estimate of drug-likeness (QED) is 0.755. The second-order valence-electron chi connectivity index (χ2n) is 7.63. The second-order valence-corrected chi connectivity index (χ2v) is 7.63. The summed E-state index contributed by atoms with van der Waals surface area (Å²) in [6, 6.07) is 0.454. The Balaban J connectivity index is 1.93. The number of hydrogen-bond acceptors (Lipinski definition) is 1. The number of amides is 1. The van der Waals surface area contributed by atoms with Crippen LogP contribution in [-0.2, 0) is 4.79 Å². The van der Waals surface area contributed by atoms with E-state index in [4.69, 9.17) is 0 Å². The van der Waals surface area contributed by atoms with Gasteiger partial charge in [0, 0.05) is 12.0 Å². The Labute approximate surface area is 125 Å². The van der Waals surface area contributed by atoms with Crippen molar-refractivity contribution in [3.05, 3.63) is 0 Å². The molecule has 2 saturated carbocycles. The average Bonchev–Trinajstić information content (AvgIpc) is 2.66. The van der Waals surface area contributed by atoms with Gasteiger partial charge in [-0.1, -0.05) is 52.9 Å². The summed E-state index contributed by atoms with van der Waals surface area (Å²) in [6.07, 6.45) is 11.3. The van der Waals surface area contributed by atoms with Gasteiger partial charge in [0.1, 0.15) is 0 Å². The maximum absolute atomic E-state index is 12.7. The second kappa shape index (κ2) is 7.47. The van der Waals surface area contributed by atoms with E-state index >= 15 is 0 Å². The summed E-state index contributed by atoms with van der Waals surface area (Å²) in [5, 5.41) is 3.40. The van der Waals surface area contributed by atoms with Gasteiger partial charge in [0.05, 0.1) is 0 Å². The number of carbonyl (C=O) groups excluding carboxylic acids is 1. The summed E-state index contributed by atoms with van der Waals surface area (Å²) in [5.41, 5.74) is 0. The van der Waals surface area contributed by atoms with Crippen LogP contribution in [0.1, 0.15) is 78.6 Å². The number of nitrogens with one attached hydrogen (secondary N) is 1. The average molecular weight is 279 g/mol. The van der Waals surface area contributed by atoms with Crippen LogP contribution in [-0.4, -0.2) is 11.9 Å². The van der Waals surface area contributed by atoms with Gasteiger partial charge in [0.2, 0.25) is 5.91 Å². The molecule has 0 aliphatic heterocycles. The van der Waals surface area contributed by atoms with E-state index in [1.54, 1.807) is 0 Å². The topological polar surface area (TPSA) is 29.1 Å². The molecule has 2 fully saturated rings. The summed E-state index contributed by atoms with van der Waals surface area (Å²) >= 11 is 0. The summed E-state index contributed by atoms with van der Waals surface area (Å²) in [5.74, 6) is 2.57. The molecule has 3 atom stereocenters. The van der Waals surface area contributed by atoms with Crippen molar-refractivity contribution in [3.8, 4) is 0 Å². The molecule has 0 radical (unpaired) electrons. The molecule has 1 N–H and O–H groups in total. The lowest BCUT2D eigenvalue weighted by Gasteiger charge is -2.37. The molecule has 0 aromatic carbocycles. The fourth-order valence-corrected chi connectivity index (χ4v) is 4.24.